The molecule has 108 valence electrons. The van der Waals surface area contributed by atoms with E-state index >= 15 is 0 Å². The third-order valence-electron chi connectivity index (χ3n) is 3.18. The molecule has 2 heterocycles. The molecule has 0 atom stereocenters. The molecule has 2 aromatic heterocycles. The average Bonchev–Trinajstić information content (AvgIpc) is 3.04. The zero-order chi connectivity index (χ0) is 15.0. The Bertz CT molecular complexity index is 809. The molecule has 7 heteroatoms. The minimum atomic E-state index is -0.983. The second-order valence-corrected chi connectivity index (χ2v) is 5.64. The van der Waals surface area contributed by atoms with E-state index in [9.17, 15) is 4.79 Å². The lowest BCUT2D eigenvalue weighted by Crippen LogP contribution is -2.16. The van der Waals surface area contributed by atoms with Crippen LogP contribution in [0.25, 0.3) is 11.1 Å². The Hall–Kier alpha value is -2.41. The van der Waals surface area contributed by atoms with E-state index in [0.29, 0.717) is 23.7 Å². The molecule has 0 fully saturated rings. The molecule has 0 aliphatic rings. The maximum atomic E-state index is 11.0. The molecule has 0 unspecified atom stereocenters. The number of thiazole rings is 1. The van der Waals surface area contributed by atoms with Crippen LogP contribution in [0.1, 0.15) is 20.9 Å². The van der Waals surface area contributed by atoms with Gasteiger partial charge in [-0.2, -0.15) is 4.98 Å². The van der Waals surface area contributed by atoms with Crippen molar-refractivity contribution in [2.45, 2.75) is 13.5 Å². The minimum absolute atomic E-state index is 0.186. The number of aromatic nitrogens is 2. The van der Waals surface area contributed by atoms with Gasteiger partial charge in [0.2, 0.25) is 0 Å². The molecule has 0 amide bonds. The normalized spacial score (nSPS) is 11.0. The molecular formula is C14H13N3O3S. The molecule has 0 saturated carbocycles. The number of hydrogen-bond donors (Lipinski definition) is 1. The second-order valence-electron chi connectivity index (χ2n) is 4.70. The summed E-state index contributed by atoms with van der Waals surface area (Å²) in [6, 6.07) is 5.11. The van der Waals surface area contributed by atoms with E-state index in [2.05, 4.69) is 9.97 Å². The van der Waals surface area contributed by atoms with Crippen LogP contribution in [0.5, 0.6) is 0 Å². The summed E-state index contributed by atoms with van der Waals surface area (Å²) in [5.74, 6) is -0.983. The van der Waals surface area contributed by atoms with Gasteiger partial charge in [0.15, 0.2) is 5.58 Å². The Morgan fingerprint density at radius 2 is 2.29 bits per heavy atom. The summed E-state index contributed by atoms with van der Waals surface area (Å²) in [6.45, 7) is 2.61. The van der Waals surface area contributed by atoms with Crippen molar-refractivity contribution >= 4 is 34.4 Å². The first-order chi connectivity index (χ1) is 10.0. The van der Waals surface area contributed by atoms with E-state index in [4.69, 9.17) is 9.52 Å². The van der Waals surface area contributed by atoms with E-state index in [1.54, 1.807) is 17.4 Å². The molecular weight excluding hydrogens is 290 g/mol. The van der Waals surface area contributed by atoms with Crippen LogP contribution in [0.2, 0.25) is 0 Å². The summed E-state index contributed by atoms with van der Waals surface area (Å²) >= 11 is 1.59. The molecule has 3 rings (SSSR count). The molecule has 0 aliphatic carbocycles. The number of oxazole rings is 1. The second kappa shape index (κ2) is 5.17. The Morgan fingerprint density at radius 1 is 1.48 bits per heavy atom. The van der Waals surface area contributed by atoms with E-state index in [0.717, 1.165) is 10.6 Å². The van der Waals surface area contributed by atoms with E-state index < -0.39 is 5.97 Å². The van der Waals surface area contributed by atoms with Gasteiger partial charge in [-0.1, -0.05) is 0 Å². The Balaban J connectivity index is 1.90. The van der Waals surface area contributed by atoms with Crippen LogP contribution in [0.3, 0.4) is 0 Å². The Kier molecular flexibility index (Phi) is 3.34. The van der Waals surface area contributed by atoms with Crippen molar-refractivity contribution in [3.8, 4) is 0 Å². The number of hydrogen-bond acceptors (Lipinski definition) is 6. The molecule has 0 aliphatic heterocycles. The van der Waals surface area contributed by atoms with E-state index in [-0.39, 0.29) is 5.56 Å². The highest BCUT2D eigenvalue weighted by molar-refractivity contribution is 7.09. The van der Waals surface area contributed by atoms with Gasteiger partial charge >= 0.3 is 5.97 Å². The number of anilines is 1. The van der Waals surface area contributed by atoms with Gasteiger partial charge in [0.05, 0.1) is 23.3 Å². The maximum absolute atomic E-state index is 11.0. The van der Waals surface area contributed by atoms with Crippen molar-refractivity contribution in [2.75, 3.05) is 11.9 Å². The SMILES string of the molecule is Cc1ncsc1CN(C)c1nc2ccc(C(=O)O)cc2o1. The van der Waals surface area contributed by atoms with Crippen LogP contribution < -0.4 is 4.90 Å². The fourth-order valence-electron chi connectivity index (χ4n) is 1.97. The van der Waals surface area contributed by atoms with Crippen molar-refractivity contribution in [1.82, 2.24) is 9.97 Å². The molecule has 0 bridgehead atoms. The van der Waals surface area contributed by atoms with Gasteiger partial charge in [-0.05, 0) is 25.1 Å². The topological polar surface area (TPSA) is 79.5 Å². The van der Waals surface area contributed by atoms with Gasteiger partial charge < -0.3 is 14.4 Å². The molecule has 21 heavy (non-hydrogen) atoms. The average molecular weight is 303 g/mol. The molecule has 0 saturated heterocycles. The Morgan fingerprint density at radius 3 is 2.95 bits per heavy atom. The van der Waals surface area contributed by atoms with Gasteiger partial charge in [-0.25, -0.2) is 9.78 Å². The number of nitrogens with zero attached hydrogens (tertiary/aromatic N) is 3. The van der Waals surface area contributed by atoms with Crippen molar-refractivity contribution in [2.24, 2.45) is 0 Å². The predicted molar refractivity (Wildman–Crippen MR) is 79.9 cm³/mol. The first-order valence-corrected chi connectivity index (χ1v) is 7.16. The first-order valence-electron chi connectivity index (χ1n) is 6.28. The van der Waals surface area contributed by atoms with Crippen LogP contribution in [-0.2, 0) is 6.54 Å². The number of carbonyl (C=O) groups is 1. The quantitative estimate of drug-likeness (QED) is 0.798. The summed E-state index contributed by atoms with van der Waals surface area (Å²) in [4.78, 5) is 22.6. The zero-order valence-corrected chi connectivity index (χ0v) is 12.3. The van der Waals surface area contributed by atoms with Crippen molar-refractivity contribution in [3.63, 3.8) is 0 Å². The monoisotopic (exact) mass is 303 g/mol. The van der Waals surface area contributed by atoms with Crippen molar-refractivity contribution < 1.29 is 14.3 Å². The van der Waals surface area contributed by atoms with Crippen molar-refractivity contribution in [1.29, 1.82) is 0 Å². The standard InChI is InChI=1S/C14H13N3O3S/c1-8-12(21-7-15-8)6-17(2)14-16-10-4-3-9(13(18)19)5-11(10)20-14/h3-5,7H,6H2,1-2H3,(H,18,19). The van der Waals surface area contributed by atoms with Crippen LogP contribution in [0, 0.1) is 6.92 Å². The van der Waals surface area contributed by atoms with Crippen LogP contribution in [0.15, 0.2) is 28.1 Å². The van der Waals surface area contributed by atoms with E-state index in [1.165, 1.54) is 12.1 Å². The lowest BCUT2D eigenvalue weighted by atomic mass is 10.2. The zero-order valence-electron chi connectivity index (χ0n) is 11.5. The number of aromatic carboxylic acids is 1. The number of carboxylic acids is 1. The highest BCUT2D eigenvalue weighted by atomic mass is 32.1. The number of carboxylic acid groups (broad SMARTS) is 1. The molecule has 1 N–H and O–H groups in total. The predicted octanol–water partition coefficient (Wildman–Crippen LogP) is 2.93. The number of benzene rings is 1. The van der Waals surface area contributed by atoms with Gasteiger partial charge in [-0.3, -0.25) is 0 Å². The highest BCUT2D eigenvalue weighted by Gasteiger charge is 2.14. The lowest BCUT2D eigenvalue weighted by molar-refractivity contribution is 0.0697. The largest absolute Gasteiger partial charge is 0.478 e. The van der Waals surface area contributed by atoms with Gasteiger partial charge in [0.25, 0.3) is 6.01 Å². The Labute approximate surface area is 124 Å². The first kappa shape index (κ1) is 13.6. The highest BCUT2D eigenvalue weighted by Crippen LogP contribution is 2.24. The minimum Gasteiger partial charge on any atom is -0.478 e. The molecule has 0 spiro atoms. The fraction of sp³-hybridized carbons (Fsp3) is 0.214. The smallest absolute Gasteiger partial charge is 0.335 e. The number of rotatable bonds is 4. The molecule has 6 nitrogen and oxygen atoms in total. The summed E-state index contributed by atoms with van der Waals surface area (Å²) in [5.41, 5.74) is 4.10. The number of fused-ring (bicyclic) bond motifs is 1. The van der Waals surface area contributed by atoms with Gasteiger partial charge in [0.1, 0.15) is 5.52 Å². The van der Waals surface area contributed by atoms with Gasteiger partial charge in [-0.15, -0.1) is 11.3 Å². The summed E-state index contributed by atoms with van der Waals surface area (Å²) in [7, 11) is 1.88. The summed E-state index contributed by atoms with van der Waals surface area (Å²) < 4.78 is 5.64. The summed E-state index contributed by atoms with van der Waals surface area (Å²) in [6.07, 6.45) is 0. The lowest BCUT2D eigenvalue weighted by Gasteiger charge is -2.12. The molecule has 3 aromatic rings. The maximum Gasteiger partial charge on any atom is 0.335 e. The molecule has 1 aromatic carbocycles. The van der Waals surface area contributed by atoms with E-state index in [1.807, 2.05) is 24.4 Å². The third kappa shape index (κ3) is 2.59. The third-order valence-corrected chi connectivity index (χ3v) is 4.10. The summed E-state index contributed by atoms with van der Waals surface area (Å²) in [5, 5.41) is 8.98. The fourth-order valence-corrected chi connectivity index (χ4v) is 2.80. The van der Waals surface area contributed by atoms with Crippen LogP contribution in [-0.4, -0.2) is 28.1 Å². The number of aryl methyl sites for hydroxylation is 1. The van der Waals surface area contributed by atoms with Gasteiger partial charge in [0, 0.05) is 11.9 Å². The van der Waals surface area contributed by atoms with Crippen LogP contribution in [0.4, 0.5) is 6.01 Å². The molecule has 0 radical (unpaired) electrons. The van der Waals surface area contributed by atoms with Crippen LogP contribution >= 0.6 is 11.3 Å². The van der Waals surface area contributed by atoms with Crippen molar-refractivity contribution in [3.05, 3.63) is 39.8 Å².